The standard InChI is InChI=1S/C19H29N5/c1-6-20-18(21-13-16-11-12-23-24(16)5)22-14-19(3,4)17-10-8-7-9-15(17)2/h7-12H,6,13-14H2,1-5H3,(H2,20,21,22). The molecule has 0 aliphatic heterocycles. The summed E-state index contributed by atoms with van der Waals surface area (Å²) >= 11 is 0. The molecule has 0 spiro atoms. The van der Waals surface area contributed by atoms with E-state index in [4.69, 9.17) is 0 Å². The number of benzene rings is 1. The Bertz CT molecular complexity index is 685. The molecule has 2 aromatic rings. The zero-order chi connectivity index (χ0) is 17.6. The van der Waals surface area contributed by atoms with Gasteiger partial charge in [-0.2, -0.15) is 5.10 Å². The molecule has 2 N–H and O–H groups in total. The molecule has 1 aromatic carbocycles. The van der Waals surface area contributed by atoms with E-state index >= 15 is 0 Å². The van der Waals surface area contributed by atoms with Crippen LogP contribution in [0.15, 0.2) is 41.5 Å². The first-order chi connectivity index (χ1) is 11.4. The lowest BCUT2D eigenvalue weighted by atomic mass is 9.82. The molecule has 130 valence electrons. The Morgan fingerprint density at radius 1 is 1.21 bits per heavy atom. The summed E-state index contributed by atoms with van der Waals surface area (Å²) in [5.41, 5.74) is 3.79. The summed E-state index contributed by atoms with van der Waals surface area (Å²) < 4.78 is 1.85. The number of hydrogen-bond acceptors (Lipinski definition) is 2. The topological polar surface area (TPSA) is 54.2 Å². The summed E-state index contributed by atoms with van der Waals surface area (Å²) in [5, 5.41) is 11.0. The summed E-state index contributed by atoms with van der Waals surface area (Å²) in [6.07, 6.45) is 1.80. The molecule has 2 rings (SSSR count). The monoisotopic (exact) mass is 327 g/mol. The van der Waals surface area contributed by atoms with Gasteiger partial charge in [0.1, 0.15) is 0 Å². The van der Waals surface area contributed by atoms with Gasteiger partial charge in [0.05, 0.1) is 12.2 Å². The number of guanidine groups is 1. The maximum atomic E-state index is 4.67. The normalized spacial score (nSPS) is 12.3. The van der Waals surface area contributed by atoms with Gasteiger partial charge in [0.2, 0.25) is 0 Å². The highest BCUT2D eigenvalue weighted by molar-refractivity contribution is 5.79. The Hall–Kier alpha value is -2.30. The van der Waals surface area contributed by atoms with Crippen molar-refractivity contribution >= 4 is 5.96 Å². The number of aliphatic imine (C=N–C) groups is 1. The summed E-state index contributed by atoms with van der Waals surface area (Å²) in [4.78, 5) is 4.67. The van der Waals surface area contributed by atoms with Gasteiger partial charge < -0.3 is 10.6 Å². The van der Waals surface area contributed by atoms with Crippen molar-refractivity contribution in [2.45, 2.75) is 39.7 Å². The molecule has 5 nitrogen and oxygen atoms in total. The third-order valence-electron chi connectivity index (χ3n) is 4.24. The zero-order valence-electron chi connectivity index (χ0n) is 15.4. The van der Waals surface area contributed by atoms with Crippen LogP contribution in [0.4, 0.5) is 0 Å². The van der Waals surface area contributed by atoms with Crippen LogP contribution in [-0.2, 0) is 19.0 Å². The lowest BCUT2D eigenvalue weighted by Crippen LogP contribution is -2.43. The second-order valence-electron chi connectivity index (χ2n) is 6.69. The van der Waals surface area contributed by atoms with E-state index in [-0.39, 0.29) is 5.41 Å². The predicted molar refractivity (Wildman–Crippen MR) is 100 cm³/mol. The third kappa shape index (κ3) is 4.60. The predicted octanol–water partition coefficient (Wildman–Crippen LogP) is 2.76. The molecule has 0 fully saturated rings. The number of rotatable bonds is 6. The summed E-state index contributed by atoms with van der Waals surface area (Å²) in [6.45, 7) is 11.0. The van der Waals surface area contributed by atoms with Crippen LogP contribution < -0.4 is 10.6 Å². The summed E-state index contributed by atoms with van der Waals surface area (Å²) in [6, 6.07) is 10.5. The van der Waals surface area contributed by atoms with Crippen molar-refractivity contribution < 1.29 is 0 Å². The molecule has 0 unspecified atom stereocenters. The Morgan fingerprint density at radius 2 is 1.96 bits per heavy atom. The van der Waals surface area contributed by atoms with Crippen molar-refractivity contribution in [1.82, 2.24) is 20.4 Å². The third-order valence-corrected chi connectivity index (χ3v) is 4.24. The van der Waals surface area contributed by atoms with Gasteiger partial charge in [-0.1, -0.05) is 38.1 Å². The molecule has 0 aliphatic rings. The minimum Gasteiger partial charge on any atom is -0.357 e. The van der Waals surface area contributed by atoms with Crippen molar-refractivity contribution in [3.05, 3.63) is 53.3 Å². The minimum absolute atomic E-state index is 0.0219. The molecule has 0 bridgehead atoms. The maximum absolute atomic E-state index is 4.67. The molecule has 1 aromatic heterocycles. The largest absolute Gasteiger partial charge is 0.357 e. The van der Waals surface area contributed by atoms with Gasteiger partial charge in [-0.25, -0.2) is 4.99 Å². The van der Waals surface area contributed by atoms with Crippen molar-refractivity contribution in [1.29, 1.82) is 0 Å². The van der Waals surface area contributed by atoms with Gasteiger partial charge in [0.25, 0.3) is 0 Å². The van der Waals surface area contributed by atoms with E-state index in [1.807, 2.05) is 17.8 Å². The van der Waals surface area contributed by atoms with E-state index in [1.165, 1.54) is 11.1 Å². The molecule has 0 aliphatic carbocycles. The molecular formula is C19H29N5. The number of aryl methyl sites for hydroxylation is 2. The van der Waals surface area contributed by atoms with Crippen molar-refractivity contribution in [2.75, 3.05) is 13.1 Å². The first-order valence-corrected chi connectivity index (χ1v) is 8.49. The lowest BCUT2D eigenvalue weighted by Gasteiger charge is -2.28. The van der Waals surface area contributed by atoms with Crippen molar-refractivity contribution in [3.8, 4) is 0 Å². The Kier molecular flexibility index (Phi) is 6.01. The van der Waals surface area contributed by atoms with Crippen LogP contribution in [0.1, 0.15) is 37.6 Å². The fourth-order valence-electron chi connectivity index (χ4n) is 2.79. The maximum Gasteiger partial charge on any atom is 0.191 e. The van der Waals surface area contributed by atoms with Gasteiger partial charge in [-0.15, -0.1) is 0 Å². The smallest absolute Gasteiger partial charge is 0.191 e. The van der Waals surface area contributed by atoms with Crippen LogP contribution >= 0.6 is 0 Å². The van der Waals surface area contributed by atoms with Gasteiger partial charge in [-0.3, -0.25) is 4.68 Å². The molecule has 0 saturated heterocycles. The van der Waals surface area contributed by atoms with E-state index in [0.29, 0.717) is 6.54 Å². The van der Waals surface area contributed by atoms with Crippen molar-refractivity contribution in [3.63, 3.8) is 0 Å². The molecule has 0 atom stereocenters. The van der Waals surface area contributed by atoms with Crippen LogP contribution in [0, 0.1) is 6.92 Å². The van der Waals surface area contributed by atoms with Gasteiger partial charge in [0.15, 0.2) is 5.96 Å². The number of aromatic nitrogens is 2. The fourth-order valence-corrected chi connectivity index (χ4v) is 2.79. The second-order valence-corrected chi connectivity index (χ2v) is 6.69. The van der Waals surface area contributed by atoms with Crippen LogP contribution in [0.25, 0.3) is 0 Å². The Morgan fingerprint density at radius 3 is 2.58 bits per heavy atom. The lowest BCUT2D eigenvalue weighted by molar-refractivity contribution is 0.506. The first kappa shape index (κ1) is 18.0. The quantitative estimate of drug-likeness (QED) is 0.634. The summed E-state index contributed by atoms with van der Waals surface area (Å²) in [7, 11) is 1.94. The van der Waals surface area contributed by atoms with Crippen LogP contribution in [-0.4, -0.2) is 28.8 Å². The van der Waals surface area contributed by atoms with E-state index in [9.17, 15) is 0 Å². The highest BCUT2D eigenvalue weighted by atomic mass is 15.3. The zero-order valence-corrected chi connectivity index (χ0v) is 15.4. The van der Waals surface area contributed by atoms with E-state index in [1.54, 1.807) is 6.20 Å². The van der Waals surface area contributed by atoms with Crippen LogP contribution in [0.3, 0.4) is 0 Å². The van der Waals surface area contributed by atoms with Crippen molar-refractivity contribution in [2.24, 2.45) is 12.0 Å². The molecule has 24 heavy (non-hydrogen) atoms. The Balaban J connectivity index is 2.05. The SMILES string of the molecule is CCNC(=NCc1ccnn1C)NCC(C)(C)c1ccccc1C. The average Bonchev–Trinajstić information content (AvgIpc) is 2.95. The summed E-state index contributed by atoms with van der Waals surface area (Å²) in [5.74, 6) is 0.834. The first-order valence-electron chi connectivity index (χ1n) is 8.49. The van der Waals surface area contributed by atoms with E-state index in [0.717, 1.165) is 24.7 Å². The average molecular weight is 327 g/mol. The molecule has 0 radical (unpaired) electrons. The van der Waals surface area contributed by atoms with Gasteiger partial charge in [-0.05, 0) is 31.0 Å². The van der Waals surface area contributed by atoms with E-state index in [2.05, 4.69) is 72.7 Å². The Labute approximate surface area is 145 Å². The minimum atomic E-state index is 0.0219. The molecule has 5 heteroatoms. The number of nitrogens with zero attached hydrogens (tertiary/aromatic N) is 3. The molecule has 1 heterocycles. The molecule has 0 saturated carbocycles. The van der Waals surface area contributed by atoms with Gasteiger partial charge >= 0.3 is 0 Å². The number of hydrogen-bond donors (Lipinski definition) is 2. The van der Waals surface area contributed by atoms with Crippen LogP contribution in [0.5, 0.6) is 0 Å². The molecular weight excluding hydrogens is 298 g/mol. The van der Waals surface area contributed by atoms with Crippen LogP contribution in [0.2, 0.25) is 0 Å². The van der Waals surface area contributed by atoms with Gasteiger partial charge in [0, 0.05) is 31.7 Å². The molecule has 0 amide bonds. The second kappa shape index (κ2) is 7.99. The highest BCUT2D eigenvalue weighted by Gasteiger charge is 2.22. The number of nitrogens with one attached hydrogen (secondary N) is 2. The fraction of sp³-hybridized carbons (Fsp3) is 0.474. The van der Waals surface area contributed by atoms with E-state index < -0.39 is 0 Å². The highest BCUT2D eigenvalue weighted by Crippen LogP contribution is 2.25.